The minimum atomic E-state index is 0.299. The molecule has 2 fully saturated rings. The van der Waals surface area contributed by atoms with Crippen LogP contribution < -0.4 is 0 Å². The van der Waals surface area contributed by atoms with E-state index in [9.17, 15) is 0 Å². The molecule has 0 radical (unpaired) electrons. The molecule has 0 saturated carbocycles. The van der Waals surface area contributed by atoms with E-state index in [4.69, 9.17) is 0 Å². The lowest BCUT2D eigenvalue weighted by Crippen LogP contribution is -2.56. The minimum absolute atomic E-state index is 0.299. The third kappa shape index (κ3) is 3.71. The molecule has 2 rings (SSSR count). The second-order valence-corrected chi connectivity index (χ2v) is 7.46. The van der Waals surface area contributed by atoms with Crippen molar-refractivity contribution in [2.45, 2.75) is 77.9 Å². The highest BCUT2D eigenvalue weighted by Gasteiger charge is 2.34. The predicted molar refractivity (Wildman–Crippen MR) is 82.1 cm³/mol. The van der Waals surface area contributed by atoms with E-state index in [-0.39, 0.29) is 0 Å². The third-order valence-electron chi connectivity index (χ3n) is 5.11. The highest BCUT2D eigenvalue weighted by Crippen LogP contribution is 2.26. The van der Waals surface area contributed by atoms with Gasteiger partial charge in [-0.15, -0.1) is 0 Å². The summed E-state index contributed by atoms with van der Waals surface area (Å²) in [6.07, 6.45) is 5.38. The molecule has 0 bridgehead atoms. The highest BCUT2D eigenvalue weighted by atomic mass is 15.4. The smallest absolute Gasteiger partial charge is 0.0525 e. The van der Waals surface area contributed by atoms with Gasteiger partial charge in [-0.1, -0.05) is 6.92 Å². The molecule has 2 aliphatic heterocycles. The van der Waals surface area contributed by atoms with Crippen LogP contribution in [0.15, 0.2) is 0 Å². The molecule has 0 N–H and O–H groups in total. The number of rotatable bonds is 2. The second-order valence-electron chi connectivity index (χ2n) is 7.46. The molecule has 2 aliphatic rings. The molecule has 0 aromatic heterocycles. The number of nitrogens with zero attached hydrogens (tertiary/aromatic N) is 3. The summed E-state index contributed by atoms with van der Waals surface area (Å²) in [7, 11) is 0. The average Bonchev–Trinajstić information content (AvgIpc) is 2.58. The van der Waals surface area contributed by atoms with Gasteiger partial charge in [0.15, 0.2) is 0 Å². The van der Waals surface area contributed by atoms with Crippen LogP contribution in [-0.4, -0.2) is 58.7 Å². The van der Waals surface area contributed by atoms with Crippen molar-refractivity contribution in [3.8, 4) is 0 Å². The molecular weight excluding hydrogens is 234 g/mol. The van der Waals surface area contributed by atoms with Crippen molar-refractivity contribution in [1.82, 2.24) is 14.7 Å². The SMILES string of the molecule is CCC(C)N1CCC2CCCN(C(C)(C)C)CN2C1. The Bertz CT molecular complexity index is 284. The Morgan fingerprint density at radius 2 is 1.84 bits per heavy atom. The average molecular weight is 267 g/mol. The van der Waals surface area contributed by atoms with Crippen molar-refractivity contribution < 1.29 is 0 Å². The van der Waals surface area contributed by atoms with Gasteiger partial charge < -0.3 is 0 Å². The Balaban J connectivity index is 2.02. The van der Waals surface area contributed by atoms with Gasteiger partial charge in [0.2, 0.25) is 0 Å². The lowest BCUT2D eigenvalue weighted by atomic mass is 10.0. The Morgan fingerprint density at radius 3 is 2.47 bits per heavy atom. The first-order valence-corrected chi connectivity index (χ1v) is 8.15. The van der Waals surface area contributed by atoms with Gasteiger partial charge in [0.1, 0.15) is 0 Å². The molecular formula is C16H33N3. The van der Waals surface area contributed by atoms with Gasteiger partial charge in [-0.05, 0) is 59.9 Å². The summed E-state index contributed by atoms with van der Waals surface area (Å²) in [4.78, 5) is 8.06. The Labute approximate surface area is 119 Å². The van der Waals surface area contributed by atoms with Gasteiger partial charge in [-0.2, -0.15) is 0 Å². The fourth-order valence-electron chi connectivity index (χ4n) is 3.38. The van der Waals surface area contributed by atoms with Crippen LogP contribution >= 0.6 is 0 Å². The molecule has 0 aliphatic carbocycles. The van der Waals surface area contributed by atoms with E-state index in [0.717, 1.165) is 18.8 Å². The molecule has 0 spiro atoms. The fourth-order valence-corrected chi connectivity index (χ4v) is 3.38. The number of fused-ring (bicyclic) bond motifs is 1. The van der Waals surface area contributed by atoms with Crippen molar-refractivity contribution in [3.05, 3.63) is 0 Å². The fraction of sp³-hybridized carbons (Fsp3) is 1.00. The zero-order valence-electron chi connectivity index (χ0n) is 13.7. The van der Waals surface area contributed by atoms with Crippen LogP contribution in [0.1, 0.15) is 60.3 Å². The first-order valence-electron chi connectivity index (χ1n) is 8.15. The molecule has 0 amide bonds. The van der Waals surface area contributed by atoms with Crippen LogP contribution in [0, 0.1) is 0 Å². The van der Waals surface area contributed by atoms with Gasteiger partial charge in [0.05, 0.1) is 13.3 Å². The van der Waals surface area contributed by atoms with Crippen molar-refractivity contribution in [1.29, 1.82) is 0 Å². The first-order chi connectivity index (χ1) is 8.91. The molecule has 0 aromatic carbocycles. The Kier molecular flexibility index (Phi) is 4.91. The van der Waals surface area contributed by atoms with Gasteiger partial charge >= 0.3 is 0 Å². The van der Waals surface area contributed by atoms with Crippen LogP contribution in [0.4, 0.5) is 0 Å². The lowest BCUT2D eigenvalue weighted by molar-refractivity contribution is -0.0255. The zero-order valence-corrected chi connectivity index (χ0v) is 13.7. The summed E-state index contributed by atoms with van der Waals surface area (Å²) < 4.78 is 0. The van der Waals surface area contributed by atoms with E-state index in [1.54, 1.807) is 0 Å². The summed E-state index contributed by atoms with van der Waals surface area (Å²) >= 11 is 0. The summed E-state index contributed by atoms with van der Waals surface area (Å²) in [6, 6.07) is 1.56. The van der Waals surface area contributed by atoms with Gasteiger partial charge in [0.25, 0.3) is 0 Å². The monoisotopic (exact) mass is 267 g/mol. The second kappa shape index (κ2) is 6.11. The molecule has 19 heavy (non-hydrogen) atoms. The van der Waals surface area contributed by atoms with E-state index in [0.29, 0.717) is 5.54 Å². The van der Waals surface area contributed by atoms with Crippen LogP contribution in [0.25, 0.3) is 0 Å². The summed E-state index contributed by atoms with van der Waals surface area (Å²) in [5.74, 6) is 0. The van der Waals surface area contributed by atoms with Crippen LogP contribution in [0.2, 0.25) is 0 Å². The topological polar surface area (TPSA) is 9.72 Å². The molecule has 3 nitrogen and oxygen atoms in total. The van der Waals surface area contributed by atoms with E-state index < -0.39 is 0 Å². The molecule has 2 heterocycles. The van der Waals surface area contributed by atoms with Crippen molar-refractivity contribution in [2.24, 2.45) is 0 Å². The maximum atomic E-state index is 2.73. The van der Waals surface area contributed by atoms with Crippen LogP contribution in [-0.2, 0) is 0 Å². The zero-order chi connectivity index (χ0) is 14.0. The maximum absolute atomic E-state index is 2.73. The molecule has 112 valence electrons. The summed E-state index contributed by atoms with van der Waals surface area (Å²) in [5, 5.41) is 0. The van der Waals surface area contributed by atoms with Crippen molar-refractivity contribution >= 4 is 0 Å². The normalized spacial score (nSPS) is 29.8. The molecule has 2 atom stereocenters. The van der Waals surface area contributed by atoms with Gasteiger partial charge in [0, 0.05) is 24.2 Å². The van der Waals surface area contributed by atoms with Crippen molar-refractivity contribution in [3.63, 3.8) is 0 Å². The van der Waals surface area contributed by atoms with E-state index >= 15 is 0 Å². The molecule has 0 aromatic rings. The lowest BCUT2D eigenvalue weighted by Gasteiger charge is -2.46. The van der Waals surface area contributed by atoms with Gasteiger partial charge in [-0.25, -0.2) is 0 Å². The maximum Gasteiger partial charge on any atom is 0.0525 e. The standard InChI is InChI=1S/C16H33N3/c1-6-14(2)17-11-9-15-8-7-10-19(16(3,4)5)13-18(15)12-17/h14-15H,6-13H2,1-5H3. The van der Waals surface area contributed by atoms with Crippen LogP contribution in [0.5, 0.6) is 0 Å². The quantitative estimate of drug-likeness (QED) is 0.761. The van der Waals surface area contributed by atoms with E-state index in [2.05, 4.69) is 49.3 Å². The molecule has 2 saturated heterocycles. The first kappa shape index (κ1) is 15.3. The third-order valence-corrected chi connectivity index (χ3v) is 5.11. The van der Waals surface area contributed by atoms with Gasteiger partial charge in [-0.3, -0.25) is 14.7 Å². The molecule has 2 unspecified atom stereocenters. The summed E-state index contributed by atoms with van der Waals surface area (Å²) in [5.41, 5.74) is 0.299. The number of hydrogen-bond acceptors (Lipinski definition) is 3. The van der Waals surface area contributed by atoms with Crippen molar-refractivity contribution in [2.75, 3.05) is 26.4 Å². The number of hydrogen-bond donors (Lipinski definition) is 0. The minimum Gasteiger partial charge on any atom is -0.288 e. The Morgan fingerprint density at radius 1 is 1.11 bits per heavy atom. The van der Waals surface area contributed by atoms with E-state index in [1.807, 2.05) is 0 Å². The Hall–Kier alpha value is -0.120. The highest BCUT2D eigenvalue weighted by molar-refractivity contribution is 4.86. The predicted octanol–water partition coefficient (Wildman–Crippen LogP) is 2.97. The molecule has 3 heteroatoms. The van der Waals surface area contributed by atoms with E-state index in [1.165, 1.54) is 45.4 Å². The largest absolute Gasteiger partial charge is 0.288 e. The summed E-state index contributed by atoms with van der Waals surface area (Å²) in [6.45, 7) is 16.6. The van der Waals surface area contributed by atoms with Crippen LogP contribution in [0.3, 0.4) is 0 Å².